The van der Waals surface area contributed by atoms with Crippen molar-refractivity contribution in [1.82, 2.24) is 33.7 Å². The Labute approximate surface area is 236 Å². The number of hydrogen-bond donors (Lipinski definition) is 1. The molecule has 1 aliphatic rings. The van der Waals surface area contributed by atoms with Crippen LogP contribution >= 0.6 is 0 Å². The average molecular weight is 579 g/mol. The van der Waals surface area contributed by atoms with Crippen LogP contribution in [0.1, 0.15) is 26.8 Å². The topological polar surface area (TPSA) is 174 Å². The predicted octanol–water partition coefficient (Wildman–Crippen LogP) is -0.160. The number of aryl methyl sites for hydroxylation is 1. The number of aromatic nitrogens is 7. The number of amides is 1. The summed E-state index contributed by atoms with van der Waals surface area (Å²) in [4.78, 5) is 42.5. The minimum atomic E-state index is -5.40. The van der Waals surface area contributed by atoms with Gasteiger partial charge in [-0.1, -0.05) is 5.21 Å². The van der Waals surface area contributed by atoms with Crippen LogP contribution in [0.25, 0.3) is 16.9 Å². The first-order valence-corrected chi connectivity index (χ1v) is 13.4. The van der Waals surface area contributed by atoms with Crippen molar-refractivity contribution in [2.45, 2.75) is 24.5 Å². The van der Waals surface area contributed by atoms with Crippen molar-refractivity contribution < 1.29 is 30.9 Å². The number of carbonyl (C=O) groups excluding carboxylic acids is 1. The SMILES string of the molecule is [2H]C([2H])([2H])n1c(S(=O)(=O)C([2H])([2H])[2H])nc2c1c(=O)n(C)c(=O)n2Cc1cn(-c2cc(NC(=O)C3CC3)cc(OCCOC)c2)nn1. The highest BCUT2D eigenvalue weighted by molar-refractivity contribution is 7.90. The summed E-state index contributed by atoms with van der Waals surface area (Å²) in [6.45, 7) is -3.34. The zero-order valence-electron chi connectivity index (χ0n) is 27.3. The van der Waals surface area contributed by atoms with Gasteiger partial charge in [-0.3, -0.25) is 18.7 Å². The summed E-state index contributed by atoms with van der Waals surface area (Å²) in [5.41, 5.74) is -2.82. The van der Waals surface area contributed by atoms with E-state index in [0.29, 0.717) is 28.3 Å². The quantitative estimate of drug-likeness (QED) is 0.249. The van der Waals surface area contributed by atoms with E-state index in [1.54, 1.807) is 18.2 Å². The molecule has 0 spiro atoms. The summed E-state index contributed by atoms with van der Waals surface area (Å²) in [6.07, 6.45) is -0.748. The number of benzene rings is 1. The van der Waals surface area contributed by atoms with E-state index in [0.717, 1.165) is 24.5 Å². The predicted molar refractivity (Wildman–Crippen MR) is 143 cm³/mol. The lowest BCUT2D eigenvalue weighted by Gasteiger charge is -2.12. The lowest BCUT2D eigenvalue weighted by Crippen LogP contribution is -2.39. The molecular weight excluding hydrogens is 544 g/mol. The molecule has 3 aromatic heterocycles. The number of anilines is 1. The molecular formula is C24H28N8O7S. The molecule has 1 saturated carbocycles. The molecule has 3 heterocycles. The molecule has 1 N–H and O–H groups in total. The Morgan fingerprint density at radius 1 is 1.20 bits per heavy atom. The number of rotatable bonds is 10. The van der Waals surface area contributed by atoms with Gasteiger partial charge in [-0.05, 0) is 18.9 Å². The minimum Gasteiger partial charge on any atom is -0.491 e. The smallest absolute Gasteiger partial charge is 0.332 e. The third-order valence-electron chi connectivity index (χ3n) is 6.14. The van der Waals surface area contributed by atoms with Gasteiger partial charge in [0.2, 0.25) is 20.9 Å². The number of ether oxygens (including phenoxy) is 2. The van der Waals surface area contributed by atoms with Crippen molar-refractivity contribution in [2.75, 3.05) is 31.8 Å². The zero-order valence-corrected chi connectivity index (χ0v) is 22.1. The van der Waals surface area contributed by atoms with Crippen molar-refractivity contribution in [3.05, 3.63) is 50.9 Å². The van der Waals surface area contributed by atoms with Gasteiger partial charge in [0.1, 0.15) is 18.1 Å². The number of sulfone groups is 1. The van der Waals surface area contributed by atoms with Crippen molar-refractivity contribution in [3.63, 3.8) is 0 Å². The first kappa shape index (κ1) is 20.6. The molecule has 0 atom stereocenters. The van der Waals surface area contributed by atoms with Crippen molar-refractivity contribution in [2.24, 2.45) is 19.9 Å². The summed E-state index contributed by atoms with van der Waals surface area (Å²) in [5.74, 6) is 0.168. The maximum absolute atomic E-state index is 13.2. The Bertz CT molecular complexity index is 2060. The Morgan fingerprint density at radius 3 is 2.70 bits per heavy atom. The second-order valence-electron chi connectivity index (χ2n) is 9.11. The zero-order chi connectivity index (χ0) is 33.8. The largest absolute Gasteiger partial charge is 0.491 e. The molecule has 1 aromatic carbocycles. The summed E-state index contributed by atoms with van der Waals surface area (Å²) in [7, 11) is -2.84. The fourth-order valence-corrected chi connectivity index (χ4v) is 4.51. The Hall–Kier alpha value is -4.31. The van der Waals surface area contributed by atoms with Crippen molar-refractivity contribution in [3.8, 4) is 11.4 Å². The number of carbonyl (C=O) groups is 1. The Kier molecular flexibility index (Phi) is 5.32. The Balaban J connectivity index is 1.60. The molecule has 40 heavy (non-hydrogen) atoms. The number of nitrogens with one attached hydrogen (secondary N) is 1. The van der Waals surface area contributed by atoms with E-state index in [1.165, 1.54) is 18.0 Å². The highest BCUT2D eigenvalue weighted by atomic mass is 32.2. The molecule has 0 bridgehead atoms. The van der Waals surface area contributed by atoms with E-state index >= 15 is 0 Å². The number of fused-ring (bicyclic) bond motifs is 1. The molecule has 212 valence electrons. The van der Waals surface area contributed by atoms with Crippen LogP contribution in [-0.2, 0) is 39.9 Å². The van der Waals surface area contributed by atoms with Crippen LogP contribution in [0.4, 0.5) is 5.69 Å². The molecule has 1 fully saturated rings. The number of nitrogens with zero attached hydrogens (tertiary/aromatic N) is 7. The maximum atomic E-state index is 13.2. The highest BCUT2D eigenvalue weighted by Gasteiger charge is 2.30. The minimum absolute atomic E-state index is 0.0334. The van der Waals surface area contributed by atoms with Gasteiger partial charge in [-0.15, -0.1) is 5.10 Å². The molecule has 16 heteroatoms. The van der Waals surface area contributed by atoms with Gasteiger partial charge in [0.05, 0.1) is 25.0 Å². The van der Waals surface area contributed by atoms with E-state index in [2.05, 4.69) is 20.6 Å². The van der Waals surface area contributed by atoms with Gasteiger partial charge in [0.25, 0.3) is 5.56 Å². The number of methoxy groups -OCH3 is 1. The van der Waals surface area contributed by atoms with Crippen molar-refractivity contribution in [1.29, 1.82) is 0 Å². The summed E-state index contributed by atoms with van der Waals surface area (Å²) in [5, 5.41) is 9.54. The molecule has 0 unspecified atom stereocenters. The molecule has 1 amide bonds. The third-order valence-corrected chi connectivity index (χ3v) is 6.89. The molecule has 0 radical (unpaired) electrons. The van der Waals surface area contributed by atoms with Gasteiger partial charge in [-0.25, -0.2) is 17.9 Å². The summed E-state index contributed by atoms with van der Waals surface area (Å²) >= 11 is 0. The molecule has 1 aliphatic carbocycles. The molecule has 4 aromatic rings. The van der Waals surface area contributed by atoms with Crippen LogP contribution < -0.4 is 21.3 Å². The normalized spacial score (nSPS) is 16.4. The average Bonchev–Trinajstić information content (AvgIpc) is 3.57. The fourth-order valence-electron chi connectivity index (χ4n) is 3.97. The van der Waals surface area contributed by atoms with E-state index in [-0.39, 0.29) is 28.7 Å². The van der Waals surface area contributed by atoms with Gasteiger partial charge >= 0.3 is 5.69 Å². The third kappa shape index (κ3) is 5.27. The van der Waals surface area contributed by atoms with Crippen LogP contribution in [0.3, 0.4) is 0 Å². The van der Waals surface area contributed by atoms with Gasteiger partial charge in [0.15, 0.2) is 11.2 Å². The standard InChI is InChI=1S/C24H28N8O7S/c1-29-19-20(26-23(29)40(4,36)37)31(24(35)30(2)22(19)34)12-16-13-32(28-27-16)17-9-15(25-21(33)14-5-6-14)10-18(11-17)39-8-7-38-3/h9-11,13-14H,5-8,12H2,1-4H3,(H,25,33)/i1D3,4D3. The first-order valence-electron chi connectivity index (χ1n) is 14.9. The molecule has 5 rings (SSSR count). The summed E-state index contributed by atoms with van der Waals surface area (Å²) < 4.78 is 85.1. The number of hydrogen-bond acceptors (Lipinski definition) is 10. The maximum Gasteiger partial charge on any atom is 0.332 e. The van der Waals surface area contributed by atoms with E-state index in [4.69, 9.17) is 17.7 Å². The van der Waals surface area contributed by atoms with Gasteiger partial charge in [-0.2, -0.15) is 4.98 Å². The van der Waals surface area contributed by atoms with E-state index in [9.17, 15) is 22.8 Å². The van der Waals surface area contributed by atoms with Crippen molar-refractivity contribution >= 4 is 32.6 Å². The Morgan fingerprint density at radius 2 is 2.00 bits per heavy atom. The van der Waals surface area contributed by atoms with Gasteiger partial charge < -0.3 is 19.4 Å². The first-order chi connectivity index (χ1) is 21.4. The van der Waals surface area contributed by atoms with E-state index in [1.807, 2.05) is 0 Å². The summed E-state index contributed by atoms with van der Waals surface area (Å²) in [6, 6.07) is 4.86. The van der Waals surface area contributed by atoms with Crippen LogP contribution in [0.5, 0.6) is 5.75 Å². The molecule has 0 saturated heterocycles. The van der Waals surface area contributed by atoms with Crippen LogP contribution in [0, 0.1) is 5.92 Å². The second kappa shape index (κ2) is 10.3. The molecule has 15 nitrogen and oxygen atoms in total. The van der Waals surface area contributed by atoms with Gasteiger partial charge in [0, 0.05) is 59.3 Å². The van der Waals surface area contributed by atoms with Crippen LogP contribution in [-0.4, -0.2) is 74.5 Å². The molecule has 0 aliphatic heterocycles. The lowest BCUT2D eigenvalue weighted by molar-refractivity contribution is -0.117. The monoisotopic (exact) mass is 578 g/mol. The fraction of sp³-hybridized carbons (Fsp3) is 0.417. The van der Waals surface area contributed by atoms with E-state index < -0.39 is 57.1 Å². The second-order valence-corrected chi connectivity index (χ2v) is 10.5. The van der Waals surface area contributed by atoms with Crippen LogP contribution in [0.2, 0.25) is 0 Å². The number of imidazole rings is 1. The lowest BCUT2D eigenvalue weighted by atomic mass is 10.2. The van der Waals surface area contributed by atoms with Crippen LogP contribution in [0.15, 0.2) is 39.1 Å². The highest BCUT2D eigenvalue weighted by Crippen LogP contribution is 2.31.